The molecular weight excluding hydrogens is 364 g/mol. The first-order valence-corrected chi connectivity index (χ1v) is 9.52. The fourth-order valence-corrected chi connectivity index (χ4v) is 3.82. The predicted molar refractivity (Wildman–Crippen MR) is 102 cm³/mol. The van der Waals surface area contributed by atoms with E-state index < -0.39 is 0 Å². The molecule has 0 bridgehead atoms. The summed E-state index contributed by atoms with van der Waals surface area (Å²) in [6.45, 7) is 2.62. The number of rotatable bonds is 4. The van der Waals surface area contributed by atoms with Crippen LogP contribution >= 0.6 is 11.3 Å². The van der Waals surface area contributed by atoms with E-state index in [2.05, 4.69) is 15.5 Å². The quantitative estimate of drug-likeness (QED) is 0.747. The highest BCUT2D eigenvalue weighted by atomic mass is 32.1. The summed E-state index contributed by atoms with van der Waals surface area (Å²) in [5.74, 6) is 0.990. The summed E-state index contributed by atoms with van der Waals surface area (Å²) >= 11 is 1.55. The Hall–Kier alpha value is -3.00. The average molecular weight is 382 g/mol. The lowest BCUT2D eigenvalue weighted by Crippen LogP contribution is -2.28. The predicted octanol–water partition coefficient (Wildman–Crippen LogP) is 3.39. The van der Waals surface area contributed by atoms with E-state index in [1.165, 1.54) is 6.92 Å². The first-order valence-electron chi connectivity index (χ1n) is 8.64. The van der Waals surface area contributed by atoms with Crippen molar-refractivity contribution in [1.29, 1.82) is 0 Å². The van der Waals surface area contributed by atoms with Gasteiger partial charge in [-0.3, -0.25) is 9.59 Å². The van der Waals surface area contributed by atoms with Gasteiger partial charge in [-0.1, -0.05) is 17.3 Å². The summed E-state index contributed by atoms with van der Waals surface area (Å²) < 4.78 is 5.36. The van der Waals surface area contributed by atoms with E-state index in [0.717, 1.165) is 11.3 Å². The van der Waals surface area contributed by atoms with Crippen molar-refractivity contribution in [3.63, 3.8) is 0 Å². The molecule has 7 nitrogen and oxygen atoms in total. The molecule has 1 N–H and O–H groups in total. The maximum atomic E-state index is 12.8. The molecular formula is C19H18N4O3S. The van der Waals surface area contributed by atoms with Crippen molar-refractivity contribution in [1.82, 2.24) is 15.0 Å². The van der Waals surface area contributed by atoms with Crippen molar-refractivity contribution in [2.75, 3.05) is 18.4 Å². The summed E-state index contributed by atoms with van der Waals surface area (Å²) in [7, 11) is 0. The van der Waals surface area contributed by atoms with Crippen LogP contribution < -0.4 is 5.32 Å². The lowest BCUT2D eigenvalue weighted by atomic mass is 10.1. The molecule has 3 aromatic rings. The van der Waals surface area contributed by atoms with Crippen molar-refractivity contribution in [2.45, 2.75) is 19.3 Å². The third kappa shape index (κ3) is 3.75. The summed E-state index contributed by atoms with van der Waals surface area (Å²) in [5, 5.41) is 8.77. The molecule has 0 spiro atoms. The number of hydrogen-bond acceptors (Lipinski definition) is 6. The Kier molecular flexibility index (Phi) is 4.72. The van der Waals surface area contributed by atoms with Gasteiger partial charge >= 0.3 is 0 Å². The zero-order valence-corrected chi connectivity index (χ0v) is 15.5. The minimum atomic E-state index is -0.167. The number of hydrogen-bond donors (Lipinski definition) is 1. The van der Waals surface area contributed by atoms with Gasteiger partial charge in [0.15, 0.2) is 5.82 Å². The van der Waals surface area contributed by atoms with E-state index >= 15 is 0 Å². The van der Waals surface area contributed by atoms with Gasteiger partial charge in [0.05, 0.1) is 4.88 Å². The van der Waals surface area contributed by atoms with Crippen molar-refractivity contribution >= 4 is 28.8 Å². The molecule has 0 aliphatic carbocycles. The molecule has 8 heteroatoms. The smallest absolute Gasteiger partial charge is 0.267 e. The Morgan fingerprint density at radius 3 is 2.96 bits per heavy atom. The maximum Gasteiger partial charge on any atom is 0.267 e. The lowest BCUT2D eigenvalue weighted by Gasteiger charge is -2.16. The van der Waals surface area contributed by atoms with Crippen LogP contribution in [0.2, 0.25) is 0 Å². The van der Waals surface area contributed by atoms with Crippen LogP contribution in [-0.2, 0) is 4.79 Å². The SMILES string of the molecule is CC(=O)Nc1cccc(C(=O)N2CC[C@H](c3noc(-c4cccs4)n3)C2)c1. The minimum Gasteiger partial charge on any atom is -0.338 e. The van der Waals surface area contributed by atoms with Gasteiger partial charge in [0.25, 0.3) is 11.8 Å². The Bertz CT molecular complexity index is 967. The van der Waals surface area contributed by atoms with Crippen molar-refractivity contribution in [3.05, 3.63) is 53.2 Å². The number of carbonyl (C=O) groups excluding carboxylic acids is 2. The van der Waals surface area contributed by atoms with Crippen LogP contribution in [-0.4, -0.2) is 39.9 Å². The summed E-state index contributed by atoms with van der Waals surface area (Å²) in [5.41, 5.74) is 1.16. The van der Waals surface area contributed by atoms with Crippen LogP contribution in [0.25, 0.3) is 10.8 Å². The first kappa shape index (κ1) is 17.4. The largest absolute Gasteiger partial charge is 0.338 e. The second-order valence-corrected chi connectivity index (χ2v) is 7.38. The molecule has 1 aromatic carbocycles. The number of likely N-dealkylation sites (tertiary alicyclic amines) is 1. The van der Waals surface area contributed by atoms with Gasteiger partial charge in [-0.15, -0.1) is 11.3 Å². The van der Waals surface area contributed by atoms with E-state index in [0.29, 0.717) is 36.1 Å². The van der Waals surface area contributed by atoms with Crippen molar-refractivity contribution < 1.29 is 14.1 Å². The Morgan fingerprint density at radius 2 is 2.19 bits per heavy atom. The van der Waals surface area contributed by atoms with Crippen LogP contribution in [0, 0.1) is 0 Å². The summed E-state index contributed by atoms with van der Waals surface area (Å²) in [6, 6.07) is 10.9. The third-order valence-corrected chi connectivity index (χ3v) is 5.30. The molecule has 1 aliphatic rings. The molecule has 1 atom stereocenters. The van der Waals surface area contributed by atoms with E-state index in [1.807, 2.05) is 17.5 Å². The van der Waals surface area contributed by atoms with Crippen molar-refractivity contribution in [2.24, 2.45) is 0 Å². The number of nitrogens with one attached hydrogen (secondary N) is 1. The van der Waals surface area contributed by atoms with Crippen LogP contribution in [0.4, 0.5) is 5.69 Å². The highest BCUT2D eigenvalue weighted by Crippen LogP contribution is 2.29. The molecule has 1 aliphatic heterocycles. The molecule has 1 fully saturated rings. The number of carbonyl (C=O) groups is 2. The van der Waals surface area contributed by atoms with E-state index in [9.17, 15) is 9.59 Å². The van der Waals surface area contributed by atoms with Gasteiger partial charge in [-0.2, -0.15) is 4.98 Å². The van der Waals surface area contributed by atoms with Crippen LogP contribution in [0.3, 0.4) is 0 Å². The number of benzene rings is 1. The summed E-state index contributed by atoms with van der Waals surface area (Å²) in [6.07, 6.45) is 0.792. The number of amides is 2. The van der Waals surface area contributed by atoms with E-state index in [-0.39, 0.29) is 17.7 Å². The molecule has 0 saturated carbocycles. The second kappa shape index (κ2) is 7.32. The number of aromatic nitrogens is 2. The van der Waals surface area contributed by atoms with Crippen molar-refractivity contribution in [3.8, 4) is 10.8 Å². The minimum absolute atomic E-state index is 0.0601. The number of nitrogens with zero attached hydrogens (tertiary/aromatic N) is 3. The average Bonchev–Trinajstić information content (AvgIpc) is 3.40. The lowest BCUT2D eigenvalue weighted by molar-refractivity contribution is -0.114. The zero-order chi connectivity index (χ0) is 18.8. The molecule has 138 valence electrons. The molecule has 27 heavy (non-hydrogen) atoms. The van der Waals surface area contributed by atoms with E-state index in [1.54, 1.807) is 40.5 Å². The number of thiophene rings is 1. The molecule has 0 unspecified atom stereocenters. The van der Waals surface area contributed by atoms with Gasteiger partial charge in [-0.05, 0) is 36.1 Å². The van der Waals surface area contributed by atoms with Gasteiger partial charge in [-0.25, -0.2) is 0 Å². The fourth-order valence-electron chi connectivity index (χ4n) is 3.17. The van der Waals surface area contributed by atoms with Crippen LogP contribution in [0.1, 0.15) is 35.4 Å². The van der Waals surface area contributed by atoms with E-state index in [4.69, 9.17) is 4.52 Å². The summed E-state index contributed by atoms with van der Waals surface area (Å²) in [4.78, 5) is 31.2. The maximum absolute atomic E-state index is 12.8. The van der Waals surface area contributed by atoms with Crippen LogP contribution in [0.15, 0.2) is 46.3 Å². The molecule has 4 rings (SSSR count). The monoisotopic (exact) mass is 382 g/mol. The molecule has 0 radical (unpaired) electrons. The fraction of sp³-hybridized carbons (Fsp3) is 0.263. The third-order valence-electron chi connectivity index (χ3n) is 4.44. The van der Waals surface area contributed by atoms with Gasteiger partial charge in [0.1, 0.15) is 0 Å². The molecule has 1 saturated heterocycles. The Balaban J connectivity index is 1.45. The normalized spacial score (nSPS) is 16.5. The molecule has 2 aromatic heterocycles. The van der Waals surface area contributed by atoms with Gasteiger partial charge in [0.2, 0.25) is 5.91 Å². The topological polar surface area (TPSA) is 88.3 Å². The van der Waals surface area contributed by atoms with Gasteiger partial charge in [0, 0.05) is 37.2 Å². The Morgan fingerprint density at radius 1 is 1.30 bits per heavy atom. The molecule has 3 heterocycles. The Labute approximate surface area is 160 Å². The zero-order valence-electron chi connectivity index (χ0n) is 14.7. The van der Waals surface area contributed by atoms with Crippen LogP contribution in [0.5, 0.6) is 0 Å². The van der Waals surface area contributed by atoms with Gasteiger partial charge < -0.3 is 14.7 Å². The standard InChI is InChI=1S/C19H18N4O3S/c1-12(24)20-15-5-2-4-13(10-15)19(25)23-8-7-14(11-23)17-21-18(26-22-17)16-6-3-9-27-16/h2-6,9-10,14H,7-8,11H2,1H3,(H,20,24)/t14-/m0/s1. The molecule has 2 amide bonds. The number of anilines is 1. The highest BCUT2D eigenvalue weighted by Gasteiger charge is 2.31. The highest BCUT2D eigenvalue weighted by molar-refractivity contribution is 7.13. The second-order valence-electron chi connectivity index (χ2n) is 6.43. The first-order chi connectivity index (χ1) is 13.1.